The zero-order valence-electron chi connectivity index (χ0n) is 13.5. The fourth-order valence-corrected chi connectivity index (χ4v) is 2.74. The van der Waals surface area contributed by atoms with Crippen molar-refractivity contribution < 1.29 is 19.0 Å². The summed E-state index contributed by atoms with van der Waals surface area (Å²) in [5.74, 6) is 1.87. The summed E-state index contributed by atoms with van der Waals surface area (Å²) in [6.07, 6.45) is -0.0359. The van der Waals surface area contributed by atoms with E-state index in [1.165, 1.54) is 7.11 Å². The topological polar surface area (TPSA) is 48.0 Å². The first kappa shape index (κ1) is 16.5. The number of nitrogens with zero attached hydrogens (tertiary/aromatic N) is 1. The molecule has 2 aromatic rings. The molecule has 1 fully saturated rings. The van der Waals surface area contributed by atoms with Crippen molar-refractivity contribution in [2.75, 3.05) is 27.3 Å². The Kier molecular flexibility index (Phi) is 4.81. The molecule has 1 saturated heterocycles. The molecule has 126 valence electrons. The number of carbonyl (C=O) groups is 1. The van der Waals surface area contributed by atoms with E-state index in [1.54, 1.807) is 30.2 Å². The second kappa shape index (κ2) is 7.01. The molecule has 0 unspecified atom stereocenters. The summed E-state index contributed by atoms with van der Waals surface area (Å²) in [5, 5.41) is 0.504. The molecular formula is C18H18ClNO4. The molecule has 3 rings (SSSR count). The third-order valence-electron chi connectivity index (χ3n) is 3.87. The maximum atomic E-state index is 12.6. The third-order valence-corrected chi connectivity index (χ3v) is 4.11. The van der Waals surface area contributed by atoms with Crippen LogP contribution in [0.3, 0.4) is 0 Å². The first-order chi connectivity index (χ1) is 11.6. The molecular weight excluding hydrogens is 330 g/mol. The Balaban J connectivity index is 1.62. The molecule has 6 heteroatoms. The zero-order valence-corrected chi connectivity index (χ0v) is 14.2. The van der Waals surface area contributed by atoms with E-state index in [4.69, 9.17) is 25.8 Å². The molecule has 0 saturated carbocycles. The largest absolute Gasteiger partial charge is 0.497 e. The molecule has 0 aliphatic carbocycles. The minimum atomic E-state index is -0.111. The van der Waals surface area contributed by atoms with Crippen molar-refractivity contribution >= 4 is 17.5 Å². The van der Waals surface area contributed by atoms with Crippen LogP contribution in [0.25, 0.3) is 0 Å². The molecule has 0 spiro atoms. The number of benzene rings is 2. The van der Waals surface area contributed by atoms with Gasteiger partial charge < -0.3 is 19.1 Å². The van der Waals surface area contributed by atoms with Crippen molar-refractivity contribution in [3.8, 4) is 17.2 Å². The van der Waals surface area contributed by atoms with Crippen LogP contribution < -0.4 is 14.2 Å². The van der Waals surface area contributed by atoms with Crippen molar-refractivity contribution in [1.29, 1.82) is 0 Å². The molecule has 1 aliphatic heterocycles. The first-order valence-corrected chi connectivity index (χ1v) is 7.92. The molecule has 1 amide bonds. The van der Waals surface area contributed by atoms with E-state index in [0.29, 0.717) is 29.4 Å². The SMILES string of the molecule is COc1cccc(OC2CN(C(=O)c3cc(Cl)ccc3OC)C2)c1. The van der Waals surface area contributed by atoms with Gasteiger partial charge >= 0.3 is 0 Å². The Bertz CT molecular complexity index is 744. The van der Waals surface area contributed by atoms with Crippen molar-refractivity contribution in [2.45, 2.75) is 6.10 Å². The average molecular weight is 348 g/mol. The van der Waals surface area contributed by atoms with E-state index < -0.39 is 0 Å². The van der Waals surface area contributed by atoms with Crippen molar-refractivity contribution in [1.82, 2.24) is 4.90 Å². The van der Waals surface area contributed by atoms with E-state index >= 15 is 0 Å². The highest BCUT2D eigenvalue weighted by molar-refractivity contribution is 6.31. The highest BCUT2D eigenvalue weighted by Gasteiger charge is 2.34. The number of ether oxygens (including phenoxy) is 3. The lowest BCUT2D eigenvalue weighted by atomic mass is 10.1. The maximum Gasteiger partial charge on any atom is 0.257 e. The van der Waals surface area contributed by atoms with E-state index in [-0.39, 0.29) is 12.0 Å². The number of hydrogen-bond donors (Lipinski definition) is 0. The summed E-state index contributed by atoms with van der Waals surface area (Å²) >= 11 is 5.99. The molecule has 0 N–H and O–H groups in total. The Labute approximate surface area is 145 Å². The smallest absolute Gasteiger partial charge is 0.257 e. The fourth-order valence-electron chi connectivity index (χ4n) is 2.56. The molecule has 1 aliphatic rings. The number of likely N-dealkylation sites (tertiary alicyclic amines) is 1. The number of rotatable bonds is 5. The molecule has 2 aromatic carbocycles. The van der Waals surface area contributed by atoms with Gasteiger partial charge in [0.15, 0.2) is 0 Å². The number of halogens is 1. The predicted octanol–water partition coefficient (Wildman–Crippen LogP) is 3.26. The molecule has 0 atom stereocenters. The van der Waals surface area contributed by atoms with Gasteiger partial charge in [0.25, 0.3) is 5.91 Å². The van der Waals surface area contributed by atoms with Gasteiger partial charge in [0.1, 0.15) is 23.4 Å². The Morgan fingerprint density at radius 1 is 1.08 bits per heavy atom. The van der Waals surface area contributed by atoms with Crippen LogP contribution in [0.15, 0.2) is 42.5 Å². The van der Waals surface area contributed by atoms with Crippen molar-refractivity contribution in [2.24, 2.45) is 0 Å². The highest BCUT2D eigenvalue weighted by Crippen LogP contribution is 2.27. The van der Waals surface area contributed by atoms with Gasteiger partial charge in [-0.15, -0.1) is 0 Å². The minimum Gasteiger partial charge on any atom is -0.497 e. The minimum absolute atomic E-state index is 0.0359. The average Bonchev–Trinajstić information content (AvgIpc) is 2.57. The summed E-state index contributed by atoms with van der Waals surface area (Å²) < 4.78 is 16.3. The van der Waals surface area contributed by atoms with Crippen molar-refractivity contribution in [3.63, 3.8) is 0 Å². The zero-order chi connectivity index (χ0) is 17.1. The van der Waals surface area contributed by atoms with Crippen LogP contribution in [-0.2, 0) is 0 Å². The second-order valence-electron chi connectivity index (χ2n) is 5.47. The van der Waals surface area contributed by atoms with Crippen LogP contribution in [0.5, 0.6) is 17.2 Å². The summed E-state index contributed by atoms with van der Waals surface area (Å²) in [6.45, 7) is 1.04. The fraction of sp³-hybridized carbons (Fsp3) is 0.278. The van der Waals surface area contributed by atoms with Crippen LogP contribution in [0.2, 0.25) is 5.02 Å². The van der Waals surface area contributed by atoms with Crippen LogP contribution in [-0.4, -0.2) is 44.2 Å². The molecule has 1 heterocycles. The normalized spacial score (nSPS) is 14.0. The summed E-state index contributed by atoms with van der Waals surface area (Å²) in [6, 6.07) is 12.4. The summed E-state index contributed by atoms with van der Waals surface area (Å²) in [5.41, 5.74) is 0.463. The van der Waals surface area contributed by atoms with Gasteiger partial charge in [-0.2, -0.15) is 0 Å². The van der Waals surface area contributed by atoms with E-state index in [9.17, 15) is 4.79 Å². The van der Waals surface area contributed by atoms with Crippen molar-refractivity contribution in [3.05, 3.63) is 53.1 Å². The van der Waals surface area contributed by atoms with E-state index in [2.05, 4.69) is 0 Å². The van der Waals surface area contributed by atoms with Gasteiger partial charge in [0.05, 0.1) is 32.9 Å². The summed E-state index contributed by atoms with van der Waals surface area (Å²) in [7, 11) is 3.14. The van der Waals surface area contributed by atoms with Gasteiger partial charge in [-0.05, 0) is 30.3 Å². The van der Waals surface area contributed by atoms with Crippen LogP contribution >= 0.6 is 11.6 Å². The number of carbonyl (C=O) groups excluding carboxylic acids is 1. The van der Waals surface area contributed by atoms with E-state index in [1.807, 2.05) is 24.3 Å². The molecule has 0 bridgehead atoms. The van der Waals surface area contributed by atoms with Crippen LogP contribution in [0, 0.1) is 0 Å². The third kappa shape index (κ3) is 3.41. The van der Waals surface area contributed by atoms with Gasteiger partial charge in [-0.1, -0.05) is 17.7 Å². The monoisotopic (exact) mass is 347 g/mol. The lowest BCUT2D eigenvalue weighted by molar-refractivity contribution is 0.0175. The lowest BCUT2D eigenvalue weighted by Crippen LogP contribution is -2.56. The standard InChI is InChI=1S/C18H18ClNO4/c1-22-13-4-3-5-14(9-13)24-15-10-20(11-15)18(21)16-8-12(19)6-7-17(16)23-2/h3-9,15H,10-11H2,1-2H3. The van der Waals surface area contributed by atoms with Gasteiger partial charge in [-0.25, -0.2) is 0 Å². The Morgan fingerprint density at radius 2 is 1.83 bits per heavy atom. The number of amides is 1. The predicted molar refractivity (Wildman–Crippen MR) is 91.3 cm³/mol. The van der Waals surface area contributed by atoms with Gasteiger partial charge in [0.2, 0.25) is 0 Å². The Morgan fingerprint density at radius 3 is 2.54 bits per heavy atom. The summed E-state index contributed by atoms with van der Waals surface area (Å²) in [4.78, 5) is 14.3. The highest BCUT2D eigenvalue weighted by atomic mass is 35.5. The quantitative estimate of drug-likeness (QED) is 0.833. The molecule has 0 radical (unpaired) electrons. The number of methoxy groups -OCH3 is 2. The molecule has 0 aromatic heterocycles. The maximum absolute atomic E-state index is 12.6. The second-order valence-corrected chi connectivity index (χ2v) is 5.91. The van der Waals surface area contributed by atoms with Crippen LogP contribution in [0.1, 0.15) is 10.4 Å². The van der Waals surface area contributed by atoms with Crippen LogP contribution in [0.4, 0.5) is 0 Å². The number of hydrogen-bond acceptors (Lipinski definition) is 4. The molecule has 5 nitrogen and oxygen atoms in total. The van der Waals surface area contributed by atoms with Gasteiger partial charge in [-0.3, -0.25) is 4.79 Å². The Hall–Kier alpha value is -2.40. The lowest BCUT2D eigenvalue weighted by Gasteiger charge is -2.39. The van der Waals surface area contributed by atoms with E-state index in [0.717, 1.165) is 11.5 Å². The first-order valence-electron chi connectivity index (χ1n) is 7.54. The van der Waals surface area contributed by atoms with Gasteiger partial charge in [0, 0.05) is 11.1 Å². The molecule has 24 heavy (non-hydrogen) atoms.